The van der Waals surface area contributed by atoms with Crippen molar-refractivity contribution in [2.75, 3.05) is 0 Å². The van der Waals surface area contributed by atoms with E-state index >= 15 is 0 Å². The quantitative estimate of drug-likeness (QED) is 0.585. The van der Waals surface area contributed by atoms with Gasteiger partial charge in [-0.3, -0.25) is 0 Å². The molecule has 0 aromatic rings. The summed E-state index contributed by atoms with van der Waals surface area (Å²) in [6.07, 6.45) is 0.979. The first-order valence-corrected chi connectivity index (χ1v) is 3.75. The molecular formula is C4H10FNOS. The topological polar surface area (TPSA) is 49.1 Å². The molecule has 2 atom stereocenters. The molecule has 2 N–H and O–H groups in total. The summed E-state index contributed by atoms with van der Waals surface area (Å²) in [5.41, 5.74) is -1.33. The van der Waals surface area contributed by atoms with E-state index in [1.807, 2.05) is 6.92 Å². The molecule has 50 valence electrons. The first-order chi connectivity index (χ1) is 3.68. The van der Waals surface area contributed by atoms with Crippen LogP contribution in [-0.4, -0.2) is 10.1 Å². The SMILES string of the molecule is CCCC(F)[S+](N)[O-]. The number of hydrogen-bond donors (Lipinski definition) is 1. The minimum absolute atomic E-state index is 0.295. The second kappa shape index (κ2) is 4.12. The van der Waals surface area contributed by atoms with Crippen molar-refractivity contribution in [2.24, 2.45) is 5.14 Å². The summed E-state index contributed by atoms with van der Waals surface area (Å²) in [6.45, 7) is 1.82. The zero-order chi connectivity index (χ0) is 6.57. The van der Waals surface area contributed by atoms with E-state index in [0.29, 0.717) is 12.8 Å². The number of halogens is 1. The molecule has 8 heavy (non-hydrogen) atoms. The first-order valence-electron chi connectivity index (χ1n) is 2.47. The van der Waals surface area contributed by atoms with E-state index in [9.17, 15) is 8.94 Å². The lowest BCUT2D eigenvalue weighted by Gasteiger charge is -2.06. The molecular weight excluding hydrogens is 129 g/mol. The van der Waals surface area contributed by atoms with Crippen LogP contribution < -0.4 is 5.14 Å². The average molecular weight is 139 g/mol. The summed E-state index contributed by atoms with van der Waals surface area (Å²) in [7, 11) is 0. The molecule has 2 unspecified atom stereocenters. The Kier molecular flexibility index (Phi) is 4.22. The number of hydrogen-bond acceptors (Lipinski definition) is 2. The van der Waals surface area contributed by atoms with Crippen LogP contribution in [-0.2, 0) is 11.4 Å². The van der Waals surface area contributed by atoms with Crippen LogP contribution in [0.5, 0.6) is 0 Å². The molecule has 0 aliphatic rings. The van der Waals surface area contributed by atoms with Crippen molar-refractivity contribution >= 4 is 11.4 Å². The lowest BCUT2D eigenvalue weighted by molar-refractivity contribution is 0.396. The Labute approximate surface area is 51.6 Å². The molecule has 0 fully saturated rings. The predicted molar refractivity (Wildman–Crippen MR) is 32.1 cm³/mol. The molecule has 0 aromatic heterocycles. The van der Waals surface area contributed by atoms with Crippen molar-refractivity contribution in [3.8, 4) is 0 Å². The van der Waals surface area contributed by atoms with Crippen molar-refractivity contribution in [1.82, 2.24) is 0 Å². The summed E-state index contributed by atoms with van der Waals surface area (Å²) >= 11 is -1.78. The van der Waals surface area contributed by atoms with E-state index in [4.69, 9.17) is 5.14 Å². The minimum atomic E-state index is -1.78. The predicted octanol–water partition coefficient (Wildman–Crippen LogP) is 0.705. The zero-order valence-corrected chi connectivity index (χ0v) is 5.58. The third-order valence-electron chi connectivity index (χ3n) is 0.768. The summed E-state index contributed by atoms with van der Waals surface area (Å²) in [4.78, 5) is 0. The highest BCUT2D eigenvalue weighted by Gasteiger charge is 2.14. The van der Waals surface area contributed by atoms with Gasteiger partial charge in [0.05, 0.1) is 11.4 Å². The van der Waals surface area contributed by atoms with Crippen LogP contribution in [0.4, 0.5) is 4.39 Å². The van der Waals surface area contributed by atoms with Gasteiger partial charge in [-0.05, 0) is 6.42 Å². The molecule has 4 heteroatoms. The van der Waals surface area contributed by atoms with Gasteiger partial charge < -0.3 is 4.55 Å². The fraction of sp³-hybridized carbons (Fsp3) is 1.00. The second-order valence-electron chi connectivity index (χ2n) is 1.53. The maximum Gasteiger partial charge on any atom is 0.271 e. The standard InChI is InChI=1S/C4H10FNOS/c1-2-3-4(5)8(6)7/h4H,2-3,6H2,1H3. The van der Waals surface area contributed by atoms with Crippen LogP contribution in [0, 0.1) is 0 Å². The van der Waals surface area contributed by atoms with Gasteiger partial charge in [-0.15, -0.1) is 0 Å². The molecule has 0 spiro atoms. The normalized spacial score (nSPS) is 18.0. The van der Waals surface area contributed by atoms with E-state index in [-0.39, 0.29) is 0 Å². The molecule has 0 aromatic carbocycles. The van der Waals surface area contributed by atoms with Gasteiger partial charge in [0.15, 0.2) is 0 Å². The Morgan fingerprint density at radius 3 is 2.50 bits per heavy atom. The van der Waals surface area contributed by atoms with Crippen LogP contribution in [0.3, 0.4) is 0 Å². The van der Waals surface area contributed by atoms with Gasteiger partial charge in [0.1, 0.15) is 0 Å². The lowest BCUT2D eigenvalue weighted by atomic mass is 10.4. The van der Waals surface area contributed by atoms with Crippen LogP contribution >= 0.6 is 0 Å². The van der Waals surface area contributed by atoms with Gasteiger partial charge in [-0.1, -0.05) is 6.92 Å². The van der Waals surface area contributed by atoms with Crippen LogP contribution in [0.15, 0.2) is 0 Å². The molecule has 0 amide bonds. The number of rotatable bonds is 3. The van der Waals surface area contributed by atoms with Crippen LogP contribution in [0.25, 0.3) is 0 Å². The van der Waals surface area contributed by atoms with E-state index in [2.05, 4.69) is 0 Å². The van der Waals surface area contributed by atoms with Crippen molar-refractivity contribution in [3.63, 3.8) is 0 Å². The van der Waals surface area contributed by atoms with Crippen molar-refractivity contribution in [3.05, 3.63) is 0 Å². The minimum Gasteiger partial charge on any atom is -0.596 e. The molecule has 0 saturated heterocycles. The molecule has 0 rings (SSSR count). The maximum absolute atomic E-state index is 12.1. The monoisotopic (exact) mass is 139 g/mol. The fourth-order valence-electron chi connectivity index (χ4n) is 0.343. The van der Waals surface area contributed by atoms with E-state index in [0.717, 1.165) is 0 Å². The average Bonchev–Trinajstić information content (AvgIpc) is 1.67. The third kappa shape index (κ3) is 3.23. The Balaban J connectivity index is 3.17. The summed E-state index contributed by atoms with van der Waals surface area (Å²) in [5, 5.41) is 4.72. The van der Waals surface area contributed by atoms with Crippen LogP contribution in [0.2, 0.25) is 0 Å². The third-order valence-corrected chi connectivity index (χ3v) is 1.51. The number of nitrogens with two attached hydrogens (primary N) is 1. The van der Waals surface area contributed by atoms with E-state index < -0.39 is 16.9 Å². The highest BCUT2D eigenvalue weighted by molar-refractivity contribution is 7.89. The highest BCUT2D eigenvalue weighted by atomic mass is 32.2. The second-order valence-corrected chi connectivity index (χ2v) is 2.70. The maximum atomic E-state index is 12.1. The smallest absolute Gasteiger partial charge is 0.271 e. The molecule has 0 saturated carbocycles. The van der Waals surface area contributed by atoms with Gasteiger partial charge in [0.2, 0.25) is 0 Å². The summed E-state index contributed by atoms with van der Waals surface area (Å²) < 4.78 is 22.1. The van der Waals surface area contributed by atoms with E-state index in [1.54, 1.807) is 0 Å². The summed E-state index contributed by atoms with van der Waals surface area (Å²) in [5.74, 6) is 0. The highest BCUT2D eigenvalue weighted by Crippen LogP contribution is 2.04. The van der Waals surface area contributed by atoms with Gasteiger partial charge in [0.25, 0.3) is 5.50 Å². The molecule has 0 aliphatic heterocycles. The van der Waals surface area contributed by atoms with Gasteiger partial charge in [-0.2, -0.15) is 9.53 Å². The molecule has 0 bridgehead atoms. The zero-order valence-electron chi connectivity index (χ0n) is 4.76. The van der Waals surface area contributed by atoms with Crippen LogP contribution in [0.1, 0.15) is 19.8 Å². The Morgan fingerprint density at radius 2 is 2.38 bits per heavy atom. The van der Waals surface area contributed by atoms with Gasteiger partial charge in [-0.25, -0.2) is 0 Å². The van der Waals surface area contributed by atoms with Crippen molar-refractivity contribution in [1.29, 1.82) is 0 Å². The first kappa shape index (κ1) is 8.20. The van der Waals surface area contributed by atoms with Gasteiger partial charge >= 0.3 is 0 Å². The van der Waals surface area contributed by atoms with E-state index in [1.165, 1.54) is 0 Å². The molecule has 0 radical (unpaired) electrons. The number of alkyl halides is 1. The Morgan fingerprint density at radius 1 is 1.88 bits per heavy atom. The fourth-order valence-corrected chi connectivity index (χ4v) is 0.811. The molecule has 0 aliphatic carbocycles. The largest absolute Gasteiger partial charge is 0.596 e. The van der Waals surface area contributed by atoms with Crippen molar-refractivity contribution < 1.29 is 8.94 Å². The molecule has 2 nitrogen and oxygen atoms in total. The van der Waals surface area contributed by atoms with Crippen molar-refractivity contribution in [2.45, 2.75) is 25.3 Å². The Hall–Kier alpha value is 0.200. The Bertz CT molecular complexity index is 62.0. The molecule has 0 heterocycles. The summed E-state index contributed by atoms with van der Waals surface area (Å²) in [6, 6.07) is 0. The lowest BCUT2D eigenvalue weighted by Crippen LogP contribution is -2.24. The van der Waals surface area contributed by atoms with Gasteiger partial charge in [0, 0.05) is 6.42 Å².